The highest BCUT2D eigenvalue weighted by Crippen LogP contribution is 2.18. The van der Waals surface area contributed by atoms with Gasteiger partial charge in [-0.05, 0) is 24.3 Å². The second kappa shape index (κ2) is 6.65. The van der Waals surface area contributed by atoms with Crippen LogP contribution in [0.15, 0.2) is 60.4 Å². The number of hydrogen-bond donors (Lipinski definition) is 1. The number of allylic oxidation sites excluding steroid dienone is 1. The molecule has 1 N–H and O–H groups in total. The van der Waals surface area contributed by atoms with Crippen molar-refractivity contribution in [3.8, 4) is 12.1 Å². The van der Waals surface area contributed by atoms with Crippen molar-refractivity contribution in [2.75, 3.05) is 5.32 Å². The molecule has 1 heterocycles. The number of ketones is 1. The summed E-state index contributed by atoms with van der Waals surface area (Å²) in [5.41, 5.74) is 1.19. The van der Waals surface area contributed by atoms with Crippen LogP contribution in [0.25, 0.3) is 0 Å². The predicted molar refractivity (Wildman–Crippen MR) is 77.0 cm³/mol. The number of rotatable bonds is 4. The molecule has 0 saturated carbocycles. The Hall–Kier alpha value is -3.44. The van der Waals surface area contributed by atoms with Crippen LogP contribution in [-0.4, -0.2) is 10.8 Å². The highest BCUT2D eigenvalue weighted by Gasteiger charge is 2.13. The van der Waals surface area contributed by atoms with Gasteiger partial charge in [0.25, 0.3) is 0 Å². The summed E-state index contributed by atoms with van der Waals surface area (Å²) in [5.74, 6) is -0.234. The maximum absolute atomic E-state index is 12.4. The third-order valence-corrected chi connectivity index (χ3v) is 2.68. The average molecular weight is 274 g/mol. The Balaban J connectivity index is 2.35. The summed E-state index contributed by atoms with van der Waals surface area (Å²) < 4.78 is 0. The highest BCUT2D eigenvalue weighted by molar-refractivity contribution is 6.11. The van der Waals surface area contributed by atoms with Crippen LogP contribution in [-0.2, 0) is 0 Å². The number of nitriles is 2. The molecule has 0 radical (unpaired) electrons. The first-order valence-corrected chi connectivity index (χ1v) is 6.08. The van der Waals surface area contributed by atoms with Gasteiger partial charge >= 0.3 is 0 Å². The van der Waals surface area contributed by atoms with Gasteiger partial charge < -0.3 is 5.32 Å². The summed E-state index contributed by atoms with van der Waals surface area (Å²) in [6.07, 6.45) is 2.82. The lowest BCUT2D eigenvalue weighted by Gasteiger charge is -2.07. The molecule has 0 bridgehead atoms. The summed E-state index contributed by atoms with van der Waals surface area (Å²) in [6, 6.07) is 15.4. The van der Waals surface area contributed by atoms with E-state index in [9.17, 15) is 4.79 Å². The van der Waals surface area contributed by atoms with Crippen LogP contribution in [0, 0.1) is 22.7 Å². The number of carbonyl (C=O) groups is 1. The number of para-hydroxylation sites is 1. The molecular weight excluding hydrogens is 264 g/mol. The highest BCUT2D eigenvalue weighted by atomic mass is 16.1. The summed E-state index contributed by atoms with van der Waals surface area (Å²) in [7, 11) is 0. The second-order valence-electron chi connectivity index (χ2n) is 4.02. The Morgan fingerprint density at radius 2 is 1.81 bits per heavy atom. The molecule has 0 amide bonds. The first-order chi connectivity index (χ1) is 10.3. The minimum absolute atomic E-state index is 0.0740. The van der Waals surface area contributed by atoms with E-state index in [0.717, 1.165) is 0 Å². The molecule has 1 aromatic carbocycles. The topological polar surface area (TPSA) is 89.6 Å². The van der Waals surface area contributed by atoms with Crippen molar-refractivity contribution in [2.45, 2.75) is 0 Å². The molecule has 21 heavy (non-hydrogen) atoms. The molecule has 1 aromatic heterocycles. The normalized spacial score (nSPS) is 9.05. The monoisotopic (exact) mass is 274 g/mol. The lowest BCUT2D eigenvalue weighted by Crippen LogP contribution is -2.06. The van der Waals surface area contributed by atoms with Crippen molar-refractivity contribution in [2.24, 2.45) is 0 Å². The largest absolute Gasteiger partial charge is 0.359 e. The molecule has 5 nitrogen and oxygen atoms in total. The molecule has 2 rings (SSSR count). The number of anilines is 1. The average Bonchev–Trinajstić information content (AvgIpc) is 2.56. The molecule has 100 valence electrons. The zero-order chi connectivity index (χ0) is 15.1. The quantitative estimate of drug-likeness (QED) is 0.683. The van der Waals surface area contributed by atoms with Gasteiger partial charge in [-0.25, -0.2) is 0 Å². The molecule has 5 heteroatoms. The molecule has 0 saturated heterocycles. The fraction of sp³-hybridized carbons (Fsp3) is 0. The van der Waals surface area contributed by atoms with Gasteiger partial charge in [0.2, 0.25) is 5.78 Å². The van der Waals surface area contributed by atoms with E-state index in [2.05, 4.69) is 10.3 Å². The number of benzene rings is 1. The van der Waals surface area contributed by atoms with Crippen LogP contribution in [0.4, 0.5) is 5.69 Å². The number of carbonyl (C=O) groups excluding carboxylic acids is 1. The summed E-state index contributed by atoms with van der Waals surface area (Å²) in [4.78, 5) is 16.4. The van der Waals surface area contributed by atoms with E-state index < -0.39 is 0 Å². The van der Waals surface area contributed by atoms with Gasteiger partial charge in [0.1, 0.15) is 23.4 Å². The lowest BCUT2D eigenvalue weighted by molar-refractivity contribution is 0.103. The zero-order valence-corrected chi connectivity index (χ0v) is 10.9. The Kier molecular flexibility index (Phi) is 4.42. The second-order valence-corrected chi connectivity index (χ2v) is 4.02. The summed E-state index contributed by atoms with van der Waals surface area (Å²) in [5, 5.41) is 20.2. The van der Waals surface area contributed by atoms with Gasteiger partial charge in [-0.3, -0.25) is 9.78 Å². The SMILES string of the molecule is N#CC(C#N)=CNc1ccccc1C(=O)c1ccccn1. The third-order valence-electron chi connectivity index (χ3n) is 2.68. The van der Waals surface area contributed by atoms with Crippen molar-refractivity contribution in [3.63, 3.8) is 0 Å². The van der Waals surface area contributed by atoms with Gasteiger partial charge in [0, 0.05) is 23.6 Å². The van der Waals surface area contributed by atoms with Crippen LogP contribution in [0.3, 0.4) is 0 Å². The molecule has 0 unspecified atom stereocenters. The lowest BCUT2D eigenvalue weighted by atomic mass is 10.1. The van der Waals surface area contributed by atoms with Gasteiger partial charge in [0.05, 0.1) is 0 Å². The molecular formula is C16H10N4O. The number of hydrogen-bond acceptors (Lipinski definition) is 5. The third kappa shape index (κ3) is 3.31. The van der Waals surface area contributed by atoms with Crippen LogP contribution in [0.2, 0.25) is 0 Å². The summed E-state index contributed by atoms with van der Waals surface area (Å²) in [6.45, 7) is 0. The van der Waals surface area contributed by atoms with Crippen LogP contribution in [0.5, 0.6) is 0 Å². The minimum atomic E-state index is -0.234. The van der Waals surface area contributed by atoms with Crippen LogP contribution < -0.4 is 5.32 Å². The summed E-state index contributed by atoms with van der Waals surface area (Å²) >= 11 is 0. The molecule has 0 aliphatic rings. The van der Waals surface area contributed by atoms with E-state index in [1.165, 1.54) is 6.20 Å². The molecule has 0 atom stereocenters. The first-order valence-electron chi connectivity index (χ1n) is 6.08. The molecule has 0 spiro atoms. The Bertz CT molecular complexity index is 751. The Morgan fingerprint density at radius 3 is 2.48 bits per heavy atom. The maximum atomic E-state index is 12.4. The van der Waals surface area contributed by atoms with E-state index >= 15 is 0 Å². The number of aromatic nitrogens is 1. The number of nitrogens with one attached hydrogen (secondary N) is 1. The van der Waals surface area contributed by atoms with Gasteiger partial charge in [0.15, 0.2) is 0 Å². The predicted octanol–water partition coefficient (Wildman–Crippen LogP) is 2.66. The molecule has 0 aliphatic carbocycles. The van der Waals surface area contributed by atoms with Gasteiger partial charge in [-0.2, -0.15) is 10.5 Å². The van der Waals surface area contributed by atoms with E-state index in [1.807, 2.05) is 0 Å². The van der Waals surface area contributed by atoms with Crippen molar-refractivity contribution in [1.82, 2.24) is 4.98 Å². The minimum Gasteiger partial charge on any atom is -0.359 e. The van der Waals surface area contributed by atoms with E-state index in [4.69, 9.17) is 10.5 Å². The van der Waals surface area contributed by atoms with E-state index in [1.54, 1.807) is 60.8 Å². The fourth-order valence-corrected chi connectivity index (χ4v) is 1.68. The van der Waals surface area contributed by atoms with Crippen molar-refractivity contribution in [3.05, 3.63) is 71.7 Å². The molecule has 2 aromatic rings. The van der Waals surface area contributed by atoms with E-state index in [0.29, 0.717) is 16.9 Å². The number of nitrogens with zero attached hydrogens (tertiary/aromatic N) is 3. The van der Waals surface area contributed by atoms with E-state index in [-0.39, 0.29) is 11.4 Å². The zero-order valence-electron chi connectivity index (χ0n) is 10.9. The number of pyridine rings is 1. The van der Waals surface area contributed by atoms with Crippen molar-refractivity contribution >= 4 is 11.5 Å². The Morgan fingerprint density at radius 1 is 1.10 bits per heavy atom. The molecule has 0 aliphatic heterocycles. The standard InChI is InChI=1S/C16H10N4O/c17-9-12(10-18)11-20-14-6-2-1-5-13(14)16(21)15-7-3-4-8-19-15/h1-8,11,20H. The van der Waals surface area contributed by atoms with Crippen LogP contribution in [0.1, 0.15) is 16.1 Å². The van der Waals surface area contributed by atoms with Crippen LogP contribution >= 0.6 is 0 Å². The smallest absolute Gasteiger partial charge is 0.213 e. The van der Waals surface area contributed by atoms with Crippen molar-refractivity contribution < 1.29 is 4.79 Å². The van der Waals surface area contributed by atoms with Gasteiger partial charge in [-0.1, -0.05) is 18.2 Å². The van der Waals surface area contributed by atoms with Crippen molar-refractivity contribution in [1.29, 1.82) is 10.5 Å². The fourth-order valence-electron chi connectivity index (χ4n) is 1.68. The Labute approximate surface area is 121 Å². The van der Waals surface area contributed by atoms with Gasteiger partial charge in [-0.15, -0.1) is 0 Å². The first kappa shape index (κ1) is 14.0. The maximum Gasteiger partial charge on any atom is 0.213 e. The molecule has 0 fully saturated rings.